The van der Waals surface area contributed by atoms with E-state index in [0.29, 0.717) is 23.2 Å². The van der Waals surface area contributed by atoms with Gasteiger partial charge in [0.2, 0.25) is 0 Å². The fourth-order valence-electron chi connectivity index (χ4n) is 3.26. The highest BCUT2D eigenvalue weighted by Crippen LogP contribution is 2.24. The summed E-state index contributed by atoms with van der Waals surface area (Å²) in [5.74, 6) is -0.725. The first-order valence-electron chi connectivity index (χ1n) is 8.02. The Morgan fingerprint density at radius 1 is 1.29 bits per heavy atom. The number of halogens is 1. The molecule has 0 aliphatic carbocycles. The molecule has 1 aromatic carbocycles. The zero-order valence-corrected chi connectivity index (χ0v) is 14.7. The minimum atomic E-state index is -0.343. The summed E-state index contributed by atoms with van der Waals surface area (Å²) in [6.45, 7) is 4.45. The summed E-state index contributed by atoms with van der Waals surface area (Å²) in [7, 11) is 1.46. The van der Waals surface area contributed by atoms with Crippen LogP contribution in [-0.4, -0.2) is 60.2 Å². The van der Waals surface area contributed by atoms with Crippen LogP contribution in [0.15, 0.2) is 18.2 Å². The zero-order chi connectivity index (χ0) is 16.6. The molecule has 1 atom stereocenters. The summed E-state index contributed by atoms with van der Waals surface area (Å²) in [5, 5.41) is 3.28. The average molecular weight is 352 g/mol. The van der Waals surface area contributed by atoms with Gasteiger partial charge in [-0.2, -0.15) is 0 Å². The van der Waals surface area contributed by atoms with Crippen molar-refractivity contribution in [2.75, 3.05) is 26.7 Å². The molecule has 3 amide bonds. The number of rotatable bonds is 4. The maximum Gasteiger partial charge on any atom is 0.261 e. The van der Waals surface area contributed by atoms with Crippen molar-refractivity contribution in [2.45, 2.75) is 25.8 Å². The van der Waals surface area contributed by atoms with Crippen LogP contribution in [0.5, 0.6) is 0 Å². The van der Waals surface area contributed by atoms with E-state index in [1.165, 1.54) is 7.05 Å². The van der Waals surface area contributed by atoms with Gasteiger partial charge in [0.05, 0.1) is 11.1 Å². The molecule has 1 fully saturated rings. The number of imide groups is 1. The van der Waals surface area contributed by atoms with E-state index in [2.05, 4.69) is 5.32 Å². The van der Waals surface area contributed by atoms with Crippen molar-refractivity contribution in [3.05, 3.63) is 34.9 Å². The number of amides is 3. The molecule has 3 rings (SSSR count). The summed E-state index contributed by atoms with van der Waals surface area (Å²) in [6, 6.07) is 4.99. The smallest absolute Gasteiger partial charge is 0.261 e. The van der Waals surface area contributed by atoms with Crippen molar-refractivity contribution in [1.82, 2.24) is 15.1 Å². The van der Waals surface area contributed by atoms with Crippen molar-refractivity contribution in [3.8, 4) is 0 Å². The average Bonchev–Trinajstić information content (AvgIpc) is 3.16. The molecule has 0 aromatic heterocycles. The summed E-state index contributed by atoms with van der Waals surface area (Å²) in [5.41, 5.74) is 1.17. The predicted molar refractivity (Wildman–Crippen MR) is 92.7 cm³/mol. The summed E-state index contributed by atoms with van der Waals surface area (Å²) in [4.78, 5) is 39.9. The third kappa shape index (κ3) is 3.03. The van der Waals surface area contributed by atoms with E-state index in [1.807, 2.05) is 11.8 Å². The quantitative estimate of drug-likeness (QED) is 0.836. The minimum absolute atomic E-state index is 0. The van der Waals surface area contributed by atoms with Gasteiger partial charge in [-0.25, -0.2) is 0 Å². The Morgan fingerprint density at radius 2 is 2.00 bits per heavy atom. The van der Waals surface area contributed by atoms with Crippen molar-refractivity contribution >= 4 is 30.1 Å². The van der Waals surface area contributed by atoms with Gasteiger partial charge in [-0.05, 0) is 37.6 Å². The molecule has 1 saturated heterocycles. The van der Waals surface area contributed by atoms with Gasteiger partial charge in [0.1, 0.15) is 0 Å². The molecule has 2 aliphatic heterocycles. The molecular weight excluding hydrogens is 330 g/mol. The molecule has 2 heterocycles. The summed E-state index contributed by atoms with van der Waals surface area (Å²) >= 11 is 0. The molecule has 24 heavy (non-hydrogen) atoms. The molecule has 130 valence electrons. The maximum absolute atomic E-state index is 12.9. The molecule has 7 heteroatoms. The van der Waals surface area contributed by atoms with Crippen LogP contribution >= 0.6 is 12.4 Å². The largest absolute Gasteiger partial charge is 0.334 e. The first kappa shape index (κ1) is 18.4. The lowest BCUT2D eigenvalue weighted by Crippen LogP contribution is -2.42. The lowest BCUT2D eigenvalue weighted by Gasteiger charge is -2.28. The number of fused-ring (bicyclic) bond motifs is 1. The normalized spacial score (nSPS) is 19.2. The van der Waals surface area contributed by atoms with E-state index in [4.69, 9.17) is 0 Å². The number of nitrogens with zero attached hydrogens (tertiary/aromatic N) is 2. The number of nitrogens with one attached hydrogen (secondary N) is 1. The van der Waals surface area contributed by atoms with Crippen LogP contribution in [0.1, 0.15) is 50.8 Å². The monoisotopic (exact) mass is 351 g/mol. The first-order chi connectivity index (χ1) is 11.0. The van der Waals surface area contributed by atoms with Crippen LogP contribution in [0.4, 0.5) is 0 Å². The Balaban J connectivity index is 0.00000208. The highest BCUT2D eigenvalue weighted by atomic mass is 35.5. The maximum atomic E-state index is 12.9. The molecule has 1 aromatic rings. The van der Waals surface area contributed by atoms with E-state index in [1.54, 1.807) is 18.2 Å². The fourth-order valence-corrected chi connectivity index (χ4v) is 3.26. The van der Waals surface area contributed by atoms with E-state index in [-0.39, 0.29) is 36.2 Å². The summed E-state index contributed by atoms with van der Waals surface area (Å²) in [6.07, 6.45) is 1.82. The molecule has 0 saturated carbocycles. The van der Waals surface area contributed by atoms with Gasteiger partial charge < -0.3 is 10.2 Å². The lowest BCUT2D eigenvalue weighted by molar-refractivity contribution is 0.0685. The SMILES string of the molecule is CCCN(C(=O)c1ccc2c(c1)C(=O)N(C)C2=O)C1CCNC1.Cl. The topological polar surface area (TPSA) is 69.7 Å². The Hall–Kier alpha value is -1.92. The van der Waals surface area contributed by atoms with Crippen LogP contribution in [-0.2, 0) is 0 Å². The second-order valence-corrected chi connectivity index (χ2v) is 6.07. The molecule has 1 unspecified atom stereocenters. The van der Waals surface area contributed by atoms with Gasteiger partial charge in [0, 0.05) is 31.7 Å². The first-order valence-corrected chi connectivity index (χ1v) is 8.02. The van der Waals surface area contributed by atoms with E-state index >= 15 is 0 Å². The van der Waals surface area contributed by atoms with Crippen molar-refractivity contribution < 1.29 is 14.4 Å². The van der Waals surface area contributed by atoms with E-state index in [9.17, 15) is 14.4 Å². The minimum Gasteiger partial charge on any atom is -0.334 e. The lowest BCUT2D eigenvalue weighted by atomic mass is 10.0. The van der Waals surface area contributed by atoms with Crippen LogP contribution in [0.2, 0.25) is 0 Å². The second-order valence-electron chi connectivity index (χ2n) is 6.07. The van der Waals surface area contributed by atoms with Crippen LogP contribution < -0.4 is 5.32 Å². The number of hydrogen-bond donors (Lipinski definition) is 1. The van der Waals surface area contributed by atoms with Crippen molar-refractivity contribution in [3.63, 3.8) is 0 Å². The molecular formula is C17H22ClN3O3. The van der Waals surface area contributed by atoms with Crippen LogP contribution in [0, 0.1) is 0 Å². The van der Waals surface area contributed by atoms with Crippen molar-refractivity contribution in [2.24, 2.45) is 0 Å². The molecule has 2 aliphatic rings. The highest BCUT2D eigenvalue weighted by molar-refractivity contribution is 6.21. The summed E-state index contributed by atoms with van der Waals surface area (Å²) < 4.78 is 0. The number of carbonyl (C=O) groups excluding carboxylic acids is 3. The van der Waals surface area contributed by atoms with Gasteiger partial charge in [0.25, 0.3) is 17.7 Å². The predicted octanol–water partition coefficient (Wildman–Crippen LogP) is 1.55. The van der Waals surface area contributed by atoms with Crippen LogP contribution in [0.25, 0.3) is 0 Å². The Labute approximate surface area is 147 Å². The van der Waals surface area contributed by atoms with Gasteiger partial charge in [0.15, 0.2) is 0 Å². The third-order valence-corrected chi connectivity index (χ3v) is 4.54. The fraction of sp³-hybridized carbons (Fsp3) is 0.471. The number of carbonyl (C=O) groups is 3. The Bertz CT molecular complexity index is 671. The Kier molecular flexibility index (Phi) is 5.62. The number of hydrogen-bond acceptors (Lipinski definition) is 4. The third-order valence-electron chi connectivity index (χ3n) is 4.54. The van der Waals surface area contributed by atoms with Crippen LogP contribution in [0.3, 0.4) is 0 Å². The molecule has 0 spiro atoms. The van der Waals surface area contributed by atoms with E-state index in [0.717, 1.165) is 30.8 Å². The second kappa shape index (κ2) is 7.32. The van der Waals surface area contributed by atoms with Gasteiger partial charge in [-0.15, -0.1) is 12.4 Å². The van der Waals surface area contributed by atoms with E-state index < -0.39 is 0 Å². The van der Waals surface area contributed by atoms with Crippen molar-refractivity contribution in [1.29, 1.82) is 0 Å². The zero-order valence-electron chi connectivity index (χ0n) is 13.9. The number of benzene rings is 1. The molecule has 0 radical (unpaired) electrons. The standard InChI is InChI=1S/C17H21N3O3.ClH/c1-3-8-20(12-6-7-18-10-12)15(21)11-4-5-13-14(9-11)17(23)19(2)16(13)22;/h4-5,9,12,18H,3,6-8,10H2,1-2H3;1H. The molecule has 0 bridgehead atoms. The molecule has 6 nitrogen and oxygen atoms in total. The van der Waals surface area contributed by atoms with Gasteiger partial charge in [-0.1, -0.05) is 6.92 Å². The molecule has 1 N–H and O–H groups in total. The van der Waals surface area contributed by atoms with Gasteiger partial charge >= 0.3 is 0 Å². The highest BCUT2D eigenvalue weighted by Gasteiger charge is 2.34. The van der Waals surface area contributed by atoms with Gasteiger partial charge in [-0.3, -0.25) is 19.3 Å². The Morgan fingerprint density at radius 3 is 2.62 bits per heavy atom.